The number of fused-ring (bicyclic) bond motifs is 1. The molecule has 3 N–H and O–H groups in total. The fourth-order valence-electron chi connectivity index (χ4n) is 3.31. The monoisotopic (exact) mass is 293 g/mol. The van der Waals surface area contributed by atoms with Gasteiger partial charge in [-0.3, -0.25) is 0 Å². The number of aliphatic hydroxyl groups is 1. The number of hydrogen-bond acceptors (Lipinski definition) is 5. The van der Waals surface area contributed by atoms with E-state index in [4.69, 9.17) is 19.9 Å². The molecule has 1 aliphatic carbocycles. The molecule has 0 spiro atoms. The van der Waals surface area contributed by atoms with E-state index in [1.165, 1.54) is 19.3 Å². The summed E-state index contributed by atoms with van der Waals surface area (Å²) in [5.74, 6) is 2.13. The van der Waals surface area contributed by atoms with Gasteiger partial charge < -0.3 is 25.1 Å². The highest BCUT2D eigenvalue weighted by atomic mass is 16.7. The average molecular weight is 293 g/mol. The van der Waals surface area contributed by atoms with Gasteiger partial charge in [-0.2, -0.15) is 0 Å². The van der Waals surface area contributed by atoms with E-state index in [1.54, 1.807) is 7.11 Å². The first-order valence-electron chi connectivity index (χ1n) is 7.62. The summed E-state index contributed by atoms with van der Waals surface area (Å²) < 4.78 is 16.1. The molecule has 0 bridgehead atoms. The lowest BCUT2D eigenvalue weighted by Crippen LogP contribution is -2.34. The van der Waals surface area contributed by atoms with Crippen LogP contribution in [-0.4, -0.2) is 25.1 Å². The minimum atomic E-state index is -0.532. The van der Waals surface area contributed by atoms with E-state index >= 15 is 0 Å². The van der Waals surface area contributed by atoms with Crippen LogP contribution in [0.3, 0.4) is 0 Å². The Morgan fingerprint density at radius 1 is 1.24 bits per heavy atom. The summed E-state index contributed by atoms with van der Waals surface area (Å²) in [5.41, 5.74) is 7.11. The molecule has 2 atom stereocenters. The molecule has 5 nitrogen and oxygen atoms in total. The van der Waals surface area contributed by atoms with Gasteiger partial charge in [-0.1, -0.05) is 19.3 Å². The van der Waals surface area contributed by atoms with Gasteiger partial charge in [-0.15, -0.1) is 0 Å². The van der Waals surface area contributed by atoms with Gasteiger partial charge in [0.15, 0.2) is 11.5 Å². The van der Waals surface area contributed by atoms with Crippen LogP contribution in [0.1, 0.15) is 43.7 Å². The number of aliphatic hydroxyl groups excluding tert-OH is 1. The number of hydrogen-bond donors (Lipinski definition) is 2. The van der Waals surface area contributed by atoms with Crippen LogP contribution >= 0.6 is 0 Å². The second-order valence-corrected chi connectivity index (χ2v) is 5.87. The first kappa shape index (κ1) is 14.5. The van der Waals surface area contributed by atoms with Crippen molar-refractivity contribution in [3.63, 3.8) is 0 Å². The summed E-state index contributed by atoms with van der Waals surface area (Å²) >= 11 is 0. The van der Waals surface area contributed by atoms with Crippen molar-refractivity contribution in [2.75, 3.05) is 13.9 Å². The van der Waals surface area contributed by atoms with Crippen molar-refractivity contribution in [2.45, 2.75) is 44.2 Å². The molecule has 1 heterocycles. The van der Waals surface area contributed by atoms with Gasteiger partial charge in [-0.25, -0.2) is 0 Å². The van der Waals surface area contributed by atoms with Gasteiger partial charge in [0.1, 0.15) is 0 Å². The fraction of sp³-hybridized carbons (Fsp3) is 0.625. The van der Waals surface area contributed by atoms with Crippen molar-refractivity contribution >= 4 is 0 Å². The highest BCUT2D eigenvalue weighted by Gasteiger charge is 2.30. The van der Waals surface area contributed by atoms with Gasteiger partial charge in [0, 0.05) is 0 Å². The maximum Gasteiger partial charge on any atom is 0.231 e. The molecule has 0 saturated heterocycles. The number of benzene rings is 1. The van der Waals surface area contributed by atoms with Crippen molar-refractivity contribution in [3.05, 3.63) is 17.7 Å². The standard InChI is InChI=1S/C16H23NO4/c1-19-12-7-11(8-13-16(12)21-9-20-13)14(17)15(18)10-5-3-2-4-6-10/h7-8,10,14-15,18H,2-6,9,17H2,1H3/t14-,15+/m1/s1. The van der Waals surface area contributed by atoms with Crippen molar-refractivity contribution < 1.29 is 19.3 Å². The molecule has 5 heteroatoms. The molecule has 116 valence electrons. The first-order chi connectivity index (χ1) is 10.2. The first-order valence-corrected chi connectivity index (χ1v) is 7.62. The third kappa shape index (κ3) is 2.80. The van der Waals surface area contributed by atoms with Gasteiger partial charge in [0.25, 0.3) is 0 Å². The highest BCUT2D eigenvalue weighted by Crippen LogP contribution is 2.43. The number of ether oxygens (including phenoxy) is 3. The van der Waals surface area contributed by atoms with Crippen LogP contribution in [0.2, 0.25) is 0 Å². The van der Waals surface area contributed by atoms with Gasteiger partial charge in [-0.05, 0) is 36.5 Å². The van der Waals surface area contributed by atoms with Crippen molar-refractivity contribution in [1.82, 2.24) is 0 Å². The van der Waals surface area contributed by atoms with E-state index in [2.05, 4.69) is 0 Å². The third-order valence-electron chi connectivity index (χ3n) is 4.57. The predicted molar refractivity (Wildman–Crippen MR) is 78.6 cm³/mol. The van der Waals surface area contributed by atoms with Crippen molar-refractivity contribution in [2.24, 2.45) is 11.7 Å². The van der Waals surface area contributed by atoms with Gasteiger partial charge in [0.05, 0.1) is 19.3 Å². The molecule has 0 unspecified atom stereocenters. The zero-order chi connectivity index (χ0) is 14.8. The van der Waals surface area contributed by atoms with Gasteiger partial charge >= 0.3 is 0 Å². The van der Waals surface area contributed by atoms with E-state index in [0.29, 0.717) is 17.2 Å². The Hall–Kier alpha value is -1.46. The lowest BCUT2D eigenvalue weighted by Gasteiger charge is -2.30. The van der Waals surface area contributed by atoms with E-state index in [9.17, 15) is 5.11 Å². The summed E-state index contributed by atoms with van der Waals surface area (Å²) in [6, 6.07) is 3.25. The topological polar surface area (TPSA) is 73.9 Å². The normalized spacial score (nSPS) is 21.1. The maximum absolute atomic E-state index is 10.6. The third-order valence-corrected chi connectivity index (χ3v) is 4.57. The van der Waals surface area contributed by atoms with Crippen LogP contribution in [0, 0.1) is 5.92 Å². The second-order valence-electron chi connectivity index (χ2n) is 5.87. The van der Waals surface area contributed by atoms with E-state index in [0.717, 1.165) is 18.4 Å². The number of methoxy groups -OCH3 is 1. The highest BCUT2D eigenvalue weighted by molar-refractivity contribution is 5.55. The molecule has 21 heavy (non-hydrogen) atoms. The zero-order valence-corrected chi connectivity index (χ0v) is 12.4. The Labute approximate surface area is 125 Å². The Morgan fingerprint density at radius 3 is 2.71 bits per heavy atom. The molecule has 1 aromatic rings. The summed E-state index contributed by atoms with van der Waals surface area (Å²) in [5, 5.41) is 10.6. The van der Waals surface area contributed by atoms with Crippen LogP contribution < -0.4 is 19.9 Å². The summed E-state index contributed by atoms with van der Waals surface area (Å²) in [4.78, 5) is 0. The molecule has 1 saturated carbocycles. The molecule has 2 aliphatic rings. The Kier molecular flexibility index (Phi) is 4.22. The summed E-state index contributed by atoms with van der Waals surface area (Å²) in [7, 11) is 1.59. The Bertz CT molecular complexity index is 499. The SMILES string of the molecule is COc1cc([C@@H](N)[C@@H](O)C2CCCCC2)cc2c1OCO2. The summed E-state index contributed by atoms with van der Waals surface area (Å²) in [6.07, 6.45) is 5.19. The minimum absolute atomic E-state index is 0.190. The van der Waals surface area contributed by atoms with E-state index < -0.39 is 12.1 Å². The molecular formula is C16H23NO4. The maximum atomic E-state index is 10.6. The van der Waals surface area contributed by atoms with Crippen molar-refractivity contribution in [1.29, 1.82) is 0 Å². The minimum Gasteiger partial charge on any atom is -0.493 e. The largest absolute Gasteiger partial charge is 0.493 e. The van der Waals surface area contributed by atoms with E-state index in [-0.39, 0.29) is 12.7 Å². The zero-order valence-electron chi connectivity index (χ0n) is 12.4. The fourth-order valence-corrected chi connectivity index (χ4v) is 3.31. The molecule has 0 aromatic heterocycles. The number of rotatable bonds is 4. The van der Waals surface area contributed by atoms with E-state index in [1.807, 2.05) is 12.1 Å². The van der Waals surface area contributed by atoms with Crippen LogP contribution in [0.5, 0.6) is 17.2 Å². The Balaban J connectivity index is 1.82. The lowest BCUT2D eigenvalue weighted by molar-refractivity contribution is 0.0617. The molecule has 0 radical (unpaired) electrons. The summed E-state index contributed by atoms with van der Waals surface area (Å²) in [6.45, 7) is 0.190. The van der Waals surface area contributed by atoms with Crippen LogP contribution in [0.15, 0.2) is 12.1 Å². The molecule has 0 amide bonds. The van der Waals surface area contributed by atoms with Crippen LogP contribution in [-0.2, 0) is 0 Å². The lowest BCUT2D eigenvalue weighted by atomic mass is 9.81. The smallest absolute Gasteiger partial charge is 0.231 e. The molecule has 1 fully saturated rings. The second kappa shape index (κ2) is 6.12. The molecule has 3 rings (SSSR count). The average Bonchev–Trinajstić information content (AvgIpc) is 3.01. The van der Waals surface area contributed by atoms with Crippen LogP contribution in [0.4, 0.5) is 0 Å². The predicted octanol–water partition coefficient (Wildman–Crippen LogP) is 2.36. The Morgan fingerprint density at radius 2 is 2.00 bits per heavy atom. The molecule has 1 aromatic carbocycles. The number of nitrogens with two attached hydrogens (primary N) is 1. The van der Waals surface area contributed by atoms with Crippen LogP contribution in [0.25, 0.3) is 0 Å². The quantitative estimate of drug-likeness (QED) is 0.891. The molecule has 1 aliphatic heterocycles. The van der Waals surface area contributed by atoms with Gasteiger partial charge in [0.2, 0.25) is 12.5 Å². The van der Waals surface area contributed by atoms with Crippen molar-refractivity contribution in [3.8, 4) is 17.2 Å². The molecular weight excluding hydrogens is 270 g/mol.